The van der Waals surface area contributed by atoms with Crippen LogP contribution in [0.4, 0.5) is 0 Å². The monoisotopic (exact) mass is 329 g/mol. The Kier molecular flexibility index (Phi) is 4.85. The molecule has 1 aliphatic heterocycles. The molecule has 6 nitrogen and oxygen atoms in total. The lowest BCUT2D eigenvalue weighted by atomic mass is 10.1. The number of morpholine rings is 1. The second-order valence-corrected chi connectivity index (χ2v) is 6.63. The van der Waals surface area contributed by atoms with Crippen LogP contribution in [0, 0.1) is 0 Å². The highest BCUT2D eigenvalue weighted by atomic mass is 16.5. The average Bonchev–Trinajstić information content (AvgIpc) is 3.05. The number of ether oxygens (including phenoxy) is 2. The van der Waals surface area contributed by atoms with Crippen molar-refractivity contribution in [3.63, 3.8) is 0 Å². The van der Waals surface area contributed by atoms with E-state index in [0.29, 0.717) is 26.2 Å². The first kappa shape index (κ1) is 16.5. The molecule has 0 unspecified atom stereocenters. The number of rotatable bonds is 5. The fourth-order valence-electron chi connectivity index (χ4n) is 2.91. The van der Waals surface area contributed by atoms with Crippen LogP contribution in [-0.4, -0.2) is 51.8 Å². The van der Waals surface area contributed by atoms with E-state index in [1.807, 2.05) is 49.1 Å². The zero-order valence-corrected chi connectivity index (χ0v) is 14.1. The molecular weight excluding hydrogens is 306 g/mol. The van der Waals surface area contributed by atoms with Gasteiger partial charge in [0.15, 0.2) is 0 Å². The fraction of sp³-hybridized carbons (Fsp3) is 0.444. The number of imidazole rings is 1. The fourth-order valence-corrected chi connectivity index (χ4v) is 2.91. The molecule has 1 saturated heterocycles. The number of nitrogens with zero attached hydrogens (tertiary/aromatic N) is 3. The Balaban J connectivity index is 1.60. The SMILES string of the molecule is CC1(C)CN(C(=O)Cn2ccnc2)C[C@H](COc2ccccc2)O1. The minimum atomic E-state index is -0.395. The normalized spacial score (nSPS) is 19.9. The molecule has 0 radical (unpaired) electrons. The summed E-state index contributed by atoms with van der Waals surface area (Å²) in [4.78, 5) is 18.4. The second-order valence-electron chi connectivity index (χ2n) is 6.63. The zero-order valence-electron chi connectivity index (χ0n) is 14.1. The second kappa shape index (κ2) is 7.05. The molecule has 1 aromatic carbocycles. The van der Waals surface area contributed by atoms with Crippen LogP contribution in [0.3, 0.4) is 0 Å². The summed E-state index contributed by atoms with van der Waals surface area (Å²) in [7, 11) is 0. The molecule has 0 aliphatic carbocycles. The van der Waals surface area contributed by atoms with E-state index in [9.17, 15) is 4.79 Å². The van der Waals surface area contributed by atoms with Crippen LogP contribution in [0.5, 0.6) is 5.75 Å². The zero-order chi connectivity index (χ0) is 17.0. The van der Waals surface area contributed by atoms with Crippen molar-refractivity contribution < 1.29 is 14.3 Å². The maximum atomic E-state index is 12.6. The maximum absolute atomic E-state index is 12.6. The van der Waals surface area contributed by atoms with Gasteiger partial charge in [0.25, 0.3) is 0 Å². The van der Waals surface area contributed by atoms with Gasteiger partial charge in [-0.15, -0.1) is 0 Å². The van der Waals surface area contributed by atoms with E-state index in [1.165, 1.54) is 0 Å². The van der Waals surface area contributed by atoms with Crippen LogP contribution in [0.2, 0.25) is 0 Å². The molecule has 6 heteroatoms. The number of aromatic nitrogens is 2. The first-order valence-electron chi connectivity index (χ1n) is 8.11. The van der Waals surface area contributed by atoms with Gasteiger partial charge in [0, 0.05) is 18.9 Å². The molecule has 3 rings (SSSR count). The van der Waals surface area contributed by atoms with E-state index in [1.54, 1.807) is 23.3 Å². The Hall–Kier alpha value is -2.34. The lowest BCUT2D eigenvalue weighted by molar-refractivity contribution is -0.166. The molecule has 0 bridgehead atoms. The minimum absolute atomic E-state index is 0.0640. The highest BCUT2D eigenvalue weighted by molar-refractivity contribution is 5.76. The van der Waals surface area contributed by atoms with E-state index in [2.05, 4.69) is 4.98 Å². The number of para-hydroxylation sites is 1. The van der Waals surface area contributed by atoms with Crippen molar-refractivity contribution in [3.05, 3.63) is 49.1 Å². The number of carbonyl (C=O) groups is 1. The number of amides is 1. The number of carbonyl (C=O) groups excluding carboxylic acids is 1. The molecule has 24 heavy (non-hydrogen) atoms. The largest absolute Gasteiger partial charge is 0.491 e. The predicted octanol–water partition coefficient (Wildman–Crippen LogP) is 1.97. The van der Waals surface area contributed by atoms with Crippen LogP contribution in [-0.2, 0) is 16.1 Å². The van der Waals surface area contributed by atoms with Crippen molar-refractivity contribution in [2.45, 2.75) is 32.1 Å². The molecular formula is C18H23N3O3. The van der Waals surface area contributed by atoms with E-state index in [-0.39, 0.29) is 12.0 Å². The van der Waals surface area contributed by atoms with Gasteiger partial charge in [0.05, 0.1) is 18.5 Å². The summed E-state index contributed by atoms with van der Waals surface area (Å²) in [6, 6.07) is 9.64. The molecule has 0 spiro atoms. The summed E-state index contributed by atoms with van der Waals surface area (Å²) in [6.07, 6.45) is 4.96. The molecule has 1 aliphatic rings. The van der Waals surface area contributed by atoms with Crippen molar-refractivity contribution in [3.8, 4) is 5.75 Å². The van der Waals surface area contributed by atoms with Crippen molar-refractivity contribution >= 4 is 5.91 Å². The third-order valence-electron chi connectivity index (χ3n) is 3.89. The Morgan fingerprint density at radius 3 is 2.88 bits per heavy atom. The van der Waals surface area contributed by atoms with E-state index < -0.39 is 5.60 Å². The smallest absolute Gasteiger partial charge is 0.242 e. The first-order chi connectivity index (χ1) is 11.5. The lowest BCUT2D eigenvalue weighted by Crippen LogP contribution is -2.56. The minimum Gasteiger partial charge on any atom is -0.491 e. The molecule has 1 amide bonds. The van der Waals surface area contributed by atoms with Crippen molar-refractivity contribution in [2.24, 2.45) is 0 Å². The van der Waals surface area contributed by atoms with E-state index >= 15 is 0 Å². The van der Waals surface area contributed by atoms with Gasteiger partial charge in [-0.3, -0.25) is 4.79 Å². The van der Waals surface area contributed by atoms with Gasteiger partial charge in [0.2, 0.25) is 5.91 Å². The third-order valence-corrected chi connectivity index (χ3v) is 3.89. The molecule has 0 saturated carbocycles. The van der Waals surface area contributed by atoms with Crippen LogP contribution in [0.15, 0.2) is 49.1 Å². The highest BCUT2D eigenvalue weighted by Crippen LogP contribution is 2.22. The van der Waals surface area contributed by atoms with E-state index in [4.69, 9.17) is 9.47 Å². The highest BCUT2D eigenvalue weighted by Gasteiger charge is 2.35. The van der Waals surface area contributed by atoms with Crippen molar-refractivity contribution in [1.82, 2.24) is 14.5 Å². The van der Waals surface area contributed by atoms with Gasteiger partial charge in [-0.1, -0.05) is 18.2 Å². The van der Waals surface area contributed by atoms with Crippen LogP contribution < -0.4 is 4.74 Å². The summed E-state index contributed by atoms with van der Waals surface area (Å²) in [5.41, 5.74) is -0.395. The van der Waals surface area contributed by atoms with Crippen molar-refractivity contribution in [2.75, 3.05) is 19.7 Å². The summed E-state index contributed by atoms with van der Waals surface area (Å²) < 4.78 is 13.6. The molecule has 2 heterocycles. The predicted molar refractivity (Wildman–Crippen MR) is 89.7 cm³/mol. The Morgan fingerprint density at radius 1 is 1.38 bits per heavy atom. The summed E-state index contributed by atoms with van der Waals surface area (Å²) >= 11 is 0. The van der Waals surface area contributed by atoms with Gasteiger partial charge in [-0.25, -0.2) is 4.98 Å². The van der Waals surface area contributed by atoms with Crippen LogP contribution >= 0.6 is 0 Å². The van der Waals surface area contributed by atoms with Gasteiger partial charge < -0.3 is 18.9 Å². The number of benzene rings is 1. The lowest BCUT2D eigenvalue weighted by Gasteiger charge is -2.42. The Bertz CT molecular complexity index is 655. The average molecular weight is 329 g/mol. The first-order valence-corrected chi connectivity index (χ1v) is 8.11. The van der Waals surface area contributed by atoms with Crippen molar-refractivity contribution in [1.29, 1.82) is 0 Å². The molecule has 1 fully saturated rings. The maximum Gasteiger partial charge on any atom is 0.242 e. The van der Waals surface area contributed by atoms with Gasteiger partial charge >= 0.3 is 0 Å². The Morgan fingerprint density at radius 2 is 2.17 bits per heavy atom. The summed E-state index contributed by atoms with van der Waals surface area (Å²) in [5, 5.41) is 0. The Labute approximate surface area is 142 Å². The molecule has 128 valence electrons. The van der Waals surface area contributed by atoms with Crippen LogP contribution in [0.25, 0.3) is 0 Å². The number of hydrogen-bond acceptors (Lipinski definition) is 4. The van der Waals surface area contributed by atoms with Crippen LogP contribution in [0.1, 0.15) is 13.8 Å². The molecule has 2 aromatic rings. The third kappa shape index (κ3) is 4.35. The molecule has 1 aromatic heterocycles. The number of hydrogen-bond donors (Lipinski definition) is 0. The molecule has 1 atom stereocenters. The van der Waals surface area contributed by atoms with Gasteiger partial charge in [-0.2, -0.15) is 0 Å². The van der Waals surface area contributed by atoms with E-state index in [0.717, 1.165) is 5.75 Å². The quantitative estimate of drug-likeness (QED) is 0.841. The van der Waals surface area contributed by atoms with Gasteiger partial charge in [-0.05, 0) is 26.0 Å². The topological polar surface area (TPSA) is 56.6 Å². The summed E-state index contributed by atoms with van der Waals surface area (Å²) in [5.74, 6) is 0.870. The summed E-state index contributed by atoms with van der Waals surface area (Å²) in [6.45, 7) is 5.81. The standard InChI is InChI=1S/C18H23N3O3/c1-18(2)13-21(17(22)11-20-9-8-19-14-20)10-16(24-18)12-23-15-6-4-3-5-7-15/h3-9,14,16H,10-13H2,1-2H3/t16-/m1/s1. The van der Waals surface area contributed by atoms with Gasteiger partial charge in [0.1, 0.15) is 25.0 Å². The molecule has 0 N–H and O–H groups in total.